The molecule has 2 rings (SSSR count). The molecule has 0 aliphatic carbocycles. The minimum atomic E-state index is -0.582. The van der Waals surface area contributed by atoms with Crippen LogP contribution in [0.25, 0.3) is 0 Å². The summed E-state index contributed by atoms with van der Waals surface area (Å²) in [5.41, 5.74) is 7.78. The molecule has 20 heavy (non-hydrogen) atoms. The Morgan fingerprint density at radius 2 is 1.95 bits per heavy atom. The Hall–Kier alpha value is -1.39. The molecule has 4 heteroatoms. The number of nitrogens with zero attached hydrogens (tertiary/aromatic N) is 1. The number of hydrogen-bond acceptors (Lipinski definition) is 3. The van der Waals surface area contributed by atoms with E-state index in [1.165, 1.54) is 11.1 Å². The summed E-state index contributed by atoms with van der Waals surface area (Å²) < 4.78 is 0. The van der Waals surface area contributed by atoms with Crippen molar-refractivity contribution in [1.82, 2.24) is 10.2 Å². The van der Waals surface area contributed by atoms with Gasteiger partial charge in [-0.05, 0) is 44.0 Å². The number of carbonyl (C=O) groups is 1. The van der Waals surface area contributed by atoms with Crippen molar-refractivity contribution in [3.8, 4) is 0 Å². The summed E-state index contributed by atoms with van der Waals surface area (Å²) in [6, 6.07) is 8.58. The summed E-state index contributed by atoms with van der Waals surface area (Å²) >= 11 is 0. The zero-order valence-electron chi connectivity index (χ0n) is 12.5. The molecule has 4 nitrogen and oxygen atoms in total. The summed E-state index contributed by atoms with van der Waals surface area (Å²) in [7, 11) is 0. The van der Waals surface area contributed by atoms with E-state index in [2.05, 4.69) is 34.5 Å². The van der Waals surface area contributed by atoms with Gasteiger partial charge in [-0.3, -0.25) is 9.69 Å². The van der Waals surface area contributed by atoms with Crippen molar-refractivity contribution in [3.63, 3.8) is 0 Å². The Labute approximate surface area is 121 Å². The number of fused-ring (bicyclic) bond motifs is 1. The first kappa shape index (κ1) is 15.0. The molecule has 0 fully saturated rings. The van der Waals surface area contributed by atoms with Crippen LogP contribution in [0.4, 0.5) is 0 Å². The largest absolute Gasteiger partial charge is 0.368 e. The minimum absolute atomic E-state index is 0.260. The van der Waals surface area contributed by atoms with E-state index in [0.29, 0.717) is 0 Å². The van der Waals surface area contributed by atoms with E-state index >= 15 is 0 Å². The van der Waals surface area contributed by atoms with E-state index < -0.39 is 5.54 Å². The van der Waals surface area contributed by atoms with Crippen LogP contribution in [0.2, 0.25) is 0 Å². The number of hydrogen-bond donors (Lipinski definition) is 2. The maximum absolute atomic E-state index is 11.6. The monoisotopic (exact) mass is 275 g/mol. The molecule has 0 bridgehead atoms. The number of nitrogens with one attached hydrogen (secondary N) is 1. The highest BCUT2D eigenvalue weighted by atomic mass is 16.1. The van der Waals surface area contributed by atoms with Gasteiger partial charge in [-0.2, -0.15) is 0 Å². The van der Waals surface area contributed by atoms with Crippen LogP contribution in [0.15, 0.2) is 24.3 Å². The molecular formula is C16H25N3O. The highest BCUT2D eigenvalue weighted by Crippen LogP contribution is 2.23. The minimum Gasteiger partial charge on any atom is -0.368 e. The quantitative estimate of drug-likeness (QED) is 0.795. The van der Waals surface area contributed by atoms with Crippen molar-refractivity contribution in [1.29, 1.82) is 0 Å². The van der Waals surface area contributed by atoms with Crippen LogP contribution < -0.4 is 11.1 Å². The van der Waals surface area contributed by atoms with E-state index in [1.807, 2.05) is 13.8 Å². The molecule has 0 saturated heterocycles. The van der Waals surface area contributed by atoms with Gasteiger partial charge in [0.25, 0.3) is 0 Å². The zero-order valence-corrected chi connectivity index (χ0v) is 12.5. The average Bonchev–Trinajstić information content (AvgIpc) is 2.81. The molecule has 1 aliphatic heterocycles. The third-order valence-corrected chi connectivity index (χ3v) is 4.17. The number of primary amides is 1. The fourth-order valence-corrected chi connectivity index (χ4v) is 2.91. The number of likely N-dealkylation sites (N-methyl/N-ethyl adjacent to an activating group) is 1. The molecular weight excluding hydrogens is 250 g/mol. The molecule has 0 spiro atoms. The van der Waals surface area contributed by atoms with Crippen LogP contribution >= 0.6 is 0 Å². The summed E-state index contributed by atoms with van der Waals surface area (Å²) in [5.74, 6) is -0.260. The Morgan fingerprint density at radius 3 is 2.45 bits per heavy atom. The molecule has 1 amide bonds. The van der Waals surface area contributed by atoms with Gasteiger partial charge in [0.2, 0.25) is 5.91 Å². The first-order chi connectivity index (χ1) is 9.55. The second-order valence-corrected chi connectivity index (χ2v) is 5.81. The second kappa shape index (κ2) is 6.37. The van der Waals surface area contributed by atoms with Gasteiger partial charge in [0.15, 0.2) is 0 Å². The standard InChI is InChI=1S/C16H25N3O/c1-3-18-16(2,15(17)20)9-6-10-19-11-13-7-4-5-8-14(13)12-19/h4-5,7-8,18H,3,6,9-12H2,1-2H3,(H2,17,20). The molecule has 1 atom stereocenters. The summed E-state index contributed by atoms with van der Waals surface area (Å²) in [6.45, 7) is 7.70. The van der Waals surface area contributed by atoms with Crippen molar-refractivity contribution in [2.24, 2.45) is 5.73 Å². The average molecular weight is 275 g/mol. The van der Waals surface area contributed by atoms with Crippen LogP contribution in [0.3, 0.4) is 0 Å². The van der Waals surface area contributed by atoms with Crippen molar-refractivity contribution in [3.05, 3.63) is 35.4 Å². The van der Waals surface area contributed by atoms with Crippen molar-refractivity contribution >= 4 is 5.91 Å². The molecule has 0 radical (unpaired) electrons. The molecule has 3 N–H and O–H groups in total. The van der Waals surface area contributed by atoms with Crippen LogP contribution in [-0.4, -0.2) is 29.4 Å². The number of carbonyl (C=O) groups excluding carboxylic acids is 1. The summed E-state index contributed by atoms with van der Waals surface area (Å²) in [6.07, 6.45) is 1.75. The van der Waals surface area contributed by atoms with Crippen LogP contribution in [0, 0.1) is 0 Å². The van der Waals surface area contributed by atoms with E-state index in [4.69, 9.17) is 5.73 Å². The SMILES string of the molecule is CCNC(C)(CCCN1Cc2ccccc2C1)C(N)=O. The lowest BCUT2D eigenvalue weighted by Gasteiger charge is -2.27. The van der Waals surface area contributed by atoms with Gasteiger partial charge in [0.1, 0.15) is 0 Å². The number of amides is 1. The topological polar surface area (TPSA) is 58.4 Å². The summed E-state index contributed by atoms with van der Waals surface area (Å²) in [5, 5.41) is 3.21. The smallest absolute Gasteiger partial charge is 0.237 e. The maximum atomic E-state index is 11.6. The highest BCUT2D eigenvalue weighted by molar-refractivity contribution is 5.84. The van der Waals surface area contributed by atoms with Gasteiger partial charge in [-0.25, -0.2) is 0 Å². The van der Waals surface area contributed by atoms with Crippen LogP contribution in [0.5, 0.6) is 0 Å². The zero-order chi connectivity index (χ0) is 14.6. The third kappa shape index (κ3) is 3.38. The third-order valence-electron chi connectivity index (χ3n) is 4.17. The molecule has 1 heterocycles. The lowest BCUT2D eigenvalue weighted by Crippen LogP contribution is -2.53. The van der Waals surface area contributed by atoms with Crippen molar-refractivity contribution < 1.29 is 4.79 Å². The van der Waals surface area contributed by atoms with Gasteiger partial charge >= 0.3 is 0 Å². The van der Waals surface area contributed by atoms with Gasteiger partial charge in [-0.1, -0.05) is 31.2 Å². The lowest BCUT2D eigenvalue weighted by molar-refractivity contribution is -0.124. The Morgan fingerprint density at radius 1 is 1.35 bits per heavy atom. The molecule has 1 aromatic carbocycles. The van der Waals surface area contributed by atoms with Gasteiger partial charge in [0.05, 0.1) is 5.54 Å². The predicted octanol–water partition coefficient (Wildman–Crippen LogP) is 1.64. The Kier molecular flexibility index (Phi) is 4.78. The van der Waals surface area contributed by atoms with E-state index in [1.54, 1.807) is 0 Å². The fraction of sp³-hybridized carbons (Fsp3) is 0.562. The molecule has 110 valence electrons. The van der Waals surface area contributed by atoms with E-state index in [9.17, 15) is 4.79 Å². The molecule has 0 aromatic heterocycles. The predicted molar refractivity (Wildman–Crippen MR) is 81.1 cm³/mol. The maximum Gasteiger partial charge on any atom is 0.237 e. The number of benzene rings is 1. The number of nitrogens with two attached hydrogens (primary N) is 1. The van der Waals surface area contributed by atoms with Gasteiger partial charge < -0.3 is 11.1 Å². The fourth-order valence-electron chi connectivity index (χ4n) is 2.91. The Bertz CT molecular complexity index is 450. The normalized spacial score (nSPS) is 17.7. The van der Waals surface area contributed by atoms with Crippen LogP contribution in [0.1, 0.15) is 37.8 Å². The molecule has 1 aliphatic rings. The van der Waals surface area contributed by atoms with Crippen molar-refractivity contribution in [2.75, 3.05) is 13.1 Å². The van der Waals surface area contributed by atoms with E-state index in [-0.39, 0.29) is 5.91 Å². The van der Waals surface area contributed by atoms with Crippen LogP contribution in [-0.2, 0) is 17.9 Å². The second-order valence-electron chi connectivity index (χ2n) is 5.81. The van der Waals surface area contributed by atoms with Gasteiger partial charge in [0, 0.05) is 13.1 Å². The molecule has 0 saturated carbocycles. The first-order valence-corrected chi connectivity index (χ1v) is 7.39. The summed E-state index contributed by atoms with van der Waals surface area (Å²) in [4.78, 5) is 14.0. The lowest BCUT2D eigenvalue weighted by atomic mass is 9.94. The Balaban J connectivity index is 1.81. The molecule has 1 unspecified atom stereocenters. The van der Waals surface area contributed by atoms with Gasteiger partial charge in [-0.15, -0.1) is 0 Å². The first-order valence-electron chi connectivity index (χ1n) is 7.39. The molecule has 1 aromatic rings. The highest BCUT2D eigenvalue weighted by Gasteiger charge is 2.29. The number of rotatable bonds is 7. The van der Waals surface area contributed by atoms with E-state index in [0.717, 1.165) is 39.0 Å². The van der Waals surface area contributed by atoms with Crippen molar-refractivity contribution in [2.45, 2.75) is 45.3 Å².